The first-order chi connectivity index (χ1) is 12.2. The number of thiophene rings is 1. The topological polar surface area (TPSA) is 50.2 Å². The van der Waals surface area contributed by atoms with Gasteiger partial charge in [0.05, 0.1) is 10.4 Å². The first-order valence-corrected chi connectivity index (χ1v) is 9.59. The molecule has 0 aliphatic rings. The van der Waals surface area contributed by atoms with Crippen LogP contribution in [0.1, 0.15) is 26.3 Å². The first-order valence-electron chi connectivity index (χ1n) is 8.71. The van der Waals surface area contributed by atoms with Crippen LogP contribution in [0.3, 0.4) is 0 Å². The van der Waals surface area contributed by atoms with Gasteiger partial charge in [-0.15, -0.1) is 11.3 Å². The largest absolute Gasteiger partial charge is 0.350 e. The smallest absolute Gasteiger partial charge is 0.240 e. The van der Waals surface area contributed by atoms with Crippen molar-refractivity contribution in [3.05, 3.63) is 41.5 Å². The molecule has 6 heteroatoms. The Labute approximate surface area is 158 Å². The maximum Gasteiger partial charge on any atom is 0.240 e. The van der Waals surface area contributed by atoms with E-state index in [0.717, 1.165) is 28.0 Å². The molecule has 3 heterocycles. The number of hydrogen-bond donors (Lipinski definition) is 1. The van der Waals surface area contributed by atoms with Crippen LogP contribution in [0.5, 0.6) is 0 Å². The van der Waals surface area contributed by atoms with Crippen LogP contribution >= 0.6 is 11.3 Å². The minimum Gasteiger partial charge on any atom is -0.350 e. The Morgan fingerprint density at radius 3 is 2.69 bits per heavy atom. The summed E-state index contributed by atoms with van der Waals surface area (Å²) in [6.45, 7) is 7.09. The highest BCUT2D eigenvalue weighted by atomic mass is 32.1. The predicted molar refractivity (Wildman–Crippen MR) is 108 cm³/mol. The lowest BCUT2D eigenvalue weighted by molar-refractivity contribution is -0.123. The van der Waals surface area contributed by atoms with Crippen LogP contribution in [0.2, 0.25) is 0 Å². The number of aromatic nitrogens is 2. The Bertz CT molecular complexity index is 904. The molecule has 1 N–H and O–H groups in total. The first kappa shape index (κ1) is 18.6. The number of rotatable bonds is 5. The van der Waals surface area contributed by atoms with Crippen molar-refractivity contribution >= 4 is 28.1 Å². The zero-order valence-corrected chi connectivity index (χ0v) is 16.9. The quantitative estimate of drug-likeness (QED) is 0.744. The van der Waals surface area contributed by atoms with E-state index in [1.165, 1.54) is 5.56 Å². The Hall–Kier alpha value is -2.18. The van der Waals surface area contributed by atoms with Gasteiger partial charge < -0.3 is 14.8 Å². The van der Waals surface area contributed by atoms with Gasteiger partial charge in [0.1, 0.15) is 12.2 Å². The molecule has 0 aromatic carbocycles. The maximum absolute atomic E-state index is 12.5. The minimum absolute atomic E-state index is 0.00628. The molecule has 5 nitrogen and oxygen atoms in total. The van der Waals surface area contributed by atoms with Gasteiger partial charge in [-0.05, 0) is 57.9 Å². The summed E-state index contributed by atoms with van der Waals surface area (Å²) in [5.74, 6) is 0.00628. The molecular formula is C20H26N4OS. The number of carbonyl (C=O) groups is 1. The highest BCUT2D eigenvalue weighted by Gasteiger charge is 2.19. The van der Waals surface area contributed by atoms with Crippen molar-refractivity contribution < 1.29 is 4.79 Å². The van der Waals surface area contributed by atoms with Crippen molar-refractivity contribution in [2.75, 3.05) is 14.1 Å². The van der Waals surface area contributed by atoms with Crippen molar-refractivity contribution in [2.45, 2.75) is 39.4 Å². The molecule has 0 aliphatic carbocycles. The molecule has 0 bridgehead atoms. The Morgan fingerprint density at radius 2 is 2.08 bits per heavy atom. The van der Waals surface area contributed by atoms with E-state index < -0.39 is 0 Å². The van der Waals surface area contributed by atoms with Gasteiger partial charge in [0.25, 0.3) is 0 Å². The molecule has 0 saturated heterocycles. The van der Waals surface area contributed by atoms with Crippen LogP contribution in [0.15, 0.2) is 36.0 Å². The molecule has 0 aliphatic heterocycles. The normalized spacial score (nSPS) is 12.1. The third-order valence-electron chi connectivity index (χ3n) is 3.94. The summed E-state index contributed by atoms with van der Waals surface area (Å²) in [6.07, 6.45) is 3.95. The average Bonchev–Trinajstić information content (AvgIpc) is 3.14. The minimum atomic E-state index is -0.249. The van der Waals surface area contributed by atoms with Gasteiger partial charge in [0.15, 0.2) is 0 Å². The molecule has 26 heavy (non-hydrogen) atoms. The van der Waals surface area contributed by atoms with Gasteiger partial charge >= 0.3 is 0 Å². The van der Waals surface area contributed by atoms with Crippen LogP contribution < -0.4 is 5.32 Å². The van der Waals surface area contributed by atoms with Crippen molar-refractivity contribution in [3.63, 3.8) is 0 Å². The summed E-state index contributed by atoms with van der Waals surface area (Å²) in [5, 5.41) is 6.25. The van der Waals surface area contributed by atoms with E-state index in [2.05, 4.69) is 46.9 Å². The standard InChI is InChI=1S/C20H26N4OS/c1-20(2,3)22-17(25)13-24-12-14(11-23(4)5)15-8-9-21-18(19(15)24)16-7-6-10-26-16/h6-10,12H,11,13H2,1-5H3,(H,22,25). The van der Waals surface area contributed by atoms with Gasteiger partial charge in [-0.2, -0.15) is 0 Å². The van der Waals surface area contributed by atoms with Crippen LogP contribution in [-0.4, -0.2) is 40.0 Å². The molecule has 0 spiro atoms. The number of amides is 1. The van der Waals surface area contributed by atoms with Crippen LogP contribution in [0.25, 0.3) is 21.5 Å². The zero-order valence-electron chi connectivity index (χ0n) is 16.0. The van der Waals surface area contributed by atoms with E-state index >= 15 is 0 Å². The molecule has 0 atom stereocenters. The number of pyridine rings is 1. The fourth-order valence-corrected chi connectivity index (χ4v) is 3.85. The van der Waals surface area contributed by atoms with E-state index in [-0.39, 0.29) is 18.0 Å². The average molecular weight is 371 g/mol. The molecule has 138 valence electrons. The summed E-state index contributed by atoms with van der Waals surface area (Å²) < 4.78 is 2.04. The molecule has 0 unspecified atom stereocenters. The van der Waals surface area contributed by atoms with E-state index in [0.29, 0.717) is 0 Å². The third kappa shape index (κ3) is 4.14. The number of fused-ring (bicyclic) bond motifs is 1. The molecular weight excluding hydrogens is 344 g/mol. The lowest BCUT2D eigenvalue weighted by Gasteiger charge is -2.21. The van der Waals surface area contributed by atoms with Crippen LogP contribution in [-0.2, 0) is 17.9 Å². The number of carbonyl (C=O) groups excluding carboxylic acids is 1. The number of nitrogens with one attached hydrogen (secondary N) is 1. The lowest BCUT2D eigenvalue weighted by atomic mass is 10.1. The van der Waals surface area contributed by atoms with Gasteiger partial charge in [-0.25, -0.2) is 0 Å². The second kappa shape index (κ2) is 7.21. The second-order valence-electron chi connectivity index (χ2n) is 7.85. The summed E-state index contributed by atoms with van der Waals surface area (Å²) in [6, 6.07) is 6.15. The van der Waals surface area contributed by atoms with Gasteiger partial charge in [0, 0.05) is 29.9 Å². The Balaban J connectivity index is 2.10. The SMILES string of the molecule is CN(C)Cc1cn(CC(=O)NC(C)(C)C)c2c(-c3cccs3)nccc12. The molecule has 0 saturated carbocycles. The maximum atomic E-state index is 12.5. The highest BCUT2D eigenvalue weighted by Crippen LogP contribution is 2.33. The van der Waals surface area contributed by atoms with Crippen LogP contribution in [0.4, 0.5) is 0 Å². The molecule has 0 radical (unpaired) electrons. The Kier molecular flexibility index (Phi) is 5.16. The number of hydrogen-bond acceptors (Lipinski definition) is 4. The lowest BCUT2D eigenvalue weighted by Crippen LogP contribution is -2.42. The van der Waals surface area contributed by atoms with Crippen molar-refractivity contribution in [3.8, 4) is 10.6 Å². The summed E-state index contributed by atoms with van der Waals surface area (Å²) in [7, 11) is 4.10. The van der Waals surface area contributed by atoms with Gasteiger partial charge in [-0.1, -0.05) is 6.07 Å². The summed E-state index contributed by atoms with van der Waals surface area (Å²) in [4.78, 5) is 20.4. The fraction of sp³-hybridized carbons (Fsp3) is 0.400. The monoisotopic (exact) mass is 370 g/mol. The molecule has 0 fully saturated rings. The summed E-state index contributed by atoms with van der Waals surface area (Å²) in [5.41, 5.74) is 2.91. The zero-order chi connectivity index (χ0) is 18.9. The second-order valence-corrected chi connectivity index (χ2v) is 8.80. The molecule has 3 aromatic heterocycles. The fourth-order valence-electron chi connectivity index (χ4n) is 3.12. The highest BCUT2D eigenvalue weighted by molar-refractivity contribution is 7.13. The van der Waals surface area contributed by atoms with E-state index in [9.17, 15) is 4.79 Å². The van der Waals surface area contributed by atoms with Gasteiger partial charge in [0.2, 0.25) is 5.91 Å². The van der Waals surface area contributed by atoms with E-state index in [4.69, 9.17) is 0 Å². The summed E-state index contributed by atoms with van der Waals surface area (Å²) >= 11 is 1.66. The number of nitrogens with zero attached hydrogens (tertiary/aromatic N) is 3. The van der Waals surface area contributed by atoms with Crippen molar-refractivity contribution in [1.29, 1.82) is 0 Å². The van der Waals surface area contributed by atoms with E-state index in [1.54, 1.807) is 11.3 Å². The van der Waals surface area contributed by atoms with Crippen molar-refractivity contribution in [2.24, 2.45) is 0 Å². The molecule has 1 amide bonds. The van der Waals surface area contributed by atoms with Crippen LogP contribution in [0, 0.1) is 0 Å². The Morgan fingerprint density at radius 1 is 1.31 bits per heavy atom. The predicted octanol–water partition coefficient (Wildman–Crippen LogP) is 3.74. The molecule has 3 rings (SSSR count). The van der Waals surface area contributed by atoms with Gasteiger partial charge in [-0.3, -0.25) is 9.78 Å². The van der Waals surface area contributed by atoms with E-state index in [1.807, 2.05) is 43.7 Å². The third-order valence-corrected chi connectivity index (χ3v) is 4.82. The van der Waals surface area contributed by atoms with Crippen molar-refractivity contribution in [1.82, 2.24) is 19.8 Å². The molecule has 3 aromatic rings.